The van der Waals surface area contributed by atoms with Crippen molar-refractivity contribution in [3.63, 3.8) is 0 Å². The molecule has 0 radical (unpaired) electrons. The minimum Gasteiger partial charge on any atom is -0.466 e. The lowest BCUT2D eigenvalue weighted by atomic mass is 10.1. The molecule has 2 N–H and O–H groups in total. The van der Waals surface area contributed by atoms with Crippen LogP contribution in [-0.4, -0.2) is 25.8 Å². The molecule has 0 saturated heterocycles. The topological polar surface area (TPSA) is 79.5 Å². The maximum Gasteiger partial charge on any atom is 0.211 e. The van der Waals surface area contributed by atoms with E-state index in [0.717, 1.165) is 0 Å². The van der Waals surface area contributed by atoms with E-state index >= 15 is 0 Å². The molecule has 0 aromatic carbocycles. The Bertz CT molecular complexity index is 434. The second-order valence-corrected chi connectivity index (χ2v) is 6.60. The zero-order valence-corrected chi connectivity index (χ0v) is 11.1. The smallest absolute Gasteiger partial charge is 0.211 e. The molecule has 1 rings (SSSR count). The standard InChI is InChI=1S/C11H19NO4S/c1-9(2)7-17(14,15)12-8-11(3,13)10-5-4-6-16-10/h4-6,9,12-13H,7-8H2,1-3H3. The van der Waals surface area contributed by atoms with Gasteiger partial charge in [0.25, 0.3) is 0 Å². The Morgan fingerprint density at radius 3 is 2.65 bits per heavy atom. The Labute approximate surface area is 102 Å². The van der Waals surface area contributed by atoms with Crippen LogP contribution in [0.1, 0.15) is 26.5 Å². The van der Waals surface area contributed by atoms with E-state index in [9.17, 15) is 13.5 Å². The third kappa shape index (κ3) is 4.49. The fraction of sp³-hybridized carbons (Fsp3) is 0.636. The highest BCUT2D eigenvalue weighted by Gasteiger charge is 2.28. The number of sulfonamides is 1. The number of aliphatic hydroxyl groups is 1. The van der Waals surface area contributed by atoms with E-state index in [-0.39, 0.29) is 18.2 Å². The molecule has 1 aromatic heterocycles. The zero-order chi connectivity index (χ0) is 13.1. The third-order valence-electron chi connectivity index (χ3n) is 2.24. The van der Waals surface area contributed by atoms with Gasteiger partial charge in [0.2, 0.25) is 10.0 Å². The lowest BCUT2D eigenvalue weighted by Crippen LogP contribution is -2.40. The van der Waals surface area contributed by atoms with Crippen molar-refractivity contribution in [2.45, 2.75) is 26.4 Å². The molecule has 6 heteroatoms. The molecule has 0 amide bonds. The molecule has 17 heavy (non-hydrogen) atoms. The van der Waals surface area contributed by atoms with E-state index < -0.39 is 15.6 Å². The van der Waals surface area contributed by atoms with E-state index in [1.165, 1.54) is 13.2 Å². The van der Waals surface area contributed by atoms with Crippen LogP contribution < -0.4 is 4.72 Å². The van der Waals surface area contributed by atoms with Gasteiger partial charge in [0.05, 0.1) is 12.0 Å². The SMILES string of the molecule is CC(C)CS(=O)(=O)NCC(C)(O)c1ccco1. The van der Waals surface area contributed by atoms with Crippen molar-refractivity contribution >= 4 is 10.0 Å². The Morgan fingerprint density at radius 2 is 2.18 bits per heavy atom. The maximum absolute atomic E-state index is 11.6. The van der Waals surface area contributed by atoms with Gasteiger partial charge in [-0.3, -0.25) is 0 Å². The summed E-state index contributed by atoms with van der Waals surface area (Å²) in [4.78, 5) is 0. The molecule has 0 aliphatic heterocycles. The van der Waals surface area contributed by atoms with Crippen LogP contribution in [0.25, 0.3) is 0 Å². The van der Waals surface area contributed by atoms with Crippen LogP contribution in [0.15, 0.2) is 22.8 Å². The Morgan fingerprint density at radius 1 is 1.53 bits per heavy atom. The predicted molar refractivity (Wildman–Crippen MR) is 64.9 cm³/mol. The van der Waals surface area contributed by atoms with Gasteiger partial charge in [-0.2, -0.15) is 0 Å². The van der Waals surface area contributed by atoms with E-state index in [2.05, 4.69) is 4.72 Å². The van der Waals surface area contributed by atoms with Gasteiger partial charge >= 0.3 is 0 Å². The van der Waals surface area contributed by atoms with Gasteiger partial charge in [0, 0.05) is 6.54 Å². The number of rotatable bonds is 6. The lowest BCUT2D eigenvalue weighted by molar-refractivity contribution is 0.0395. The van der Waals surface area contributed by atoms with E-state index in [0.29, 0.717) is 5.76 Å². The van der Waals surface area contributed by atoms with Crippen molar-refractivity contribution in [2.75, 3.05) is 12.3 Å². The molecule has 0 fully saturated rings. The van der Waals surface area contributed by atoms with E-state index in [1.54, 1.807) is 12.1 Å². The van der Waals surface area contributed by atoms with Gasteiger partial charge in [0.15, 0.2) is 0 Å². The fourth-order valence-electron chi connectivity index (χ4n) is 1.42. The molecule has 1 unspecified atom stereocenters. The Balaban J connectivity index is 2.62. The van der Waals surface area contributed by atoms with Crippen LogP contribution in [0.5, 0.6) is 0 Å². The molecule has 1 atom stereocenters. The van der Waals surface area contributed by atoms with Crippen molar-refractivity contribution in [3.8, 4) is 0 Å². The van der Waals surface area contributed by atoms with Crippen molar-refractivity contribution < 1.29 is 17.9 Å². The molecular formula is C11H19NO4S. The summed E-state index contributed by atoms with van der Waals surface area (Å²) in [6.45, 7) is 5.05. The monoisotopic (exact) mass is 261 g/mol. The van der Waals surface area contributed by atoms with Crippen LogP contribution in [0.4, 0.5) is 0 Å². The molecule has 0 aliphatic carbocycles. The summed E-state index contributed by atoms with van der Waals surface area (Å²) in [6, 6.07) is 3.25. The van der Waals surface area contributed by atoms with Crippen molar-refractivity contribution in [1.82, 2.24) is 4.72 Å². The number of hydrogen-bond acceptors (Lipinski definition) is 4. The lowest BCUT2D eigenvalue weighted by Gasteiger charge is -2.21. The first-order valence-electron chi connectivity index (χ1n) is 5.46. The molecule has 0 aliphatic rings. The first kappa shape index (κ1) is 14.2. The highest BCUT2D eigenvalue weighted by molar-refractivity contribution is 7.89. The quantitative estimate of drug-likeness (QED) is 0.802. The molecular weight excluding hydrogens is 242 g/mol. The summed E-state index contributed by atoms with van der Waals surface area (Å²) >= 11 is 0. The molecule has 1 aromatic rings. The first-order valence-corrected chi connectivity index (χ1v) is 7.12. The minimum atomic E-state index is -3.36. The summed E-state index contributed by atoms with van der Waals surface area (Å²) in [5.74, 6) is 0.423. The molecule has 0 bridgehead atoms. The highest BCUT2D eigenvalue weighted by atomic mass is 32.2. The summed E-state index contributed by atoms with van der Waals surface area (Å²) in [6.07, 6.45) is 1.44. The van der Waals surface area contributed by atoms with Crippen molar-refractivity contribution in [3.05, 3.63) is 24.2 Å². The number of hydrogen-bond donors (Lipinski definition) is 2. The second kappa shape index (κ2) is 5.20. The van der Waals surface area contributed by atoms with Crippen LogP contribution >= 0.6 is 0 Å². The van der Waals surface area contributed by atoms with Crippen LogP contribution in [0.2, 0.25) is 0 Å². The summed E-state index contributed by atoms with van der Waals surface area (Å²) < 4.78 is 30.6. The predicted octanol–water partition coefficient (Wildman–Crippen LogP) is 1.06. The van der Waals surface area contributed by atoms with Gasteiger partial charge in [-0.1, -0.05) is 13.8 Å². The normalized spacial score (nSPS) is 16.1. The number of furan rings is 1. The second-order valence-electron chi connectivity index (χ2n) is 4.75. The summed E-state index contributed by atoms with van der Waals surface area (Å²) in [5.41, 5.74) is -1.34. The number of nitrogens with one attached hydrogen (secondary N) is 1. The first-order chi connectivity index (χ1) is 7.73. The van der Waals surface area contributed by atoms with E-state index in [4.69, 9.17) is 4.42 Å². The van der Waals surface area contributed by atoms with Crippen molar-refractivity contribution in [1.29, 1.82) is 0 Å². The van der Waals surface area contributed by atoms with Gasteiger partial charge < -0.3 is 9.52 Å². The zero-order valence-electron chi connectivity index (χ0n) is 10.3. The van der Waals surface area contributed by atoms with Crippen molar-refractivity contribution in [2.24, 2.45) is 5.92 Å². The average molecular weight is 261 g/mol. The van der Waals surface area contributed by atoms with Gasteiger partial charge in [-0.25, -0.2) is 13.1 Å². The minimum absolute atomic E-state index is 0.0426. The molecule has 0 saturated carbocycles. The molecule has 98 valence electrons. The van der Waals surface area contributed by atoms with Gasteiger partial charge in [0.1, 0.15) is 11.4 Å². The van der Waals surface area contributed by atoms with Gasteiger partial charge in [-0.15, -0.1) is 0 Å². The van der Waals surface area contributed by atoms with Crippen LogP contribution in [-0.2, 0) is 15.6 Å². The molecule has 5 nitrogen and oxygen atoms in total. The Hall–Kier alpha value is -0.850. The molecule has 0 spiro atoms. The summed E-state index contributed by atoms with van der Waals surface area (Å²) in [5, 5.41) is 10.1. The summed E-state index contributed by atoms with van der Waals surface area (Å²) in [7, 11) is -3.36. The maximum atomic E-state index is 11.6. The van der Waals surface area contributed by atoms with Crippen LogP contribution in [0, 0.1) is 5.92 Å². The highest BCUT2D eigenvalue weighted by Crippen LogP contribution is 2.20. The average Bonchev–Trinajstić information content (AvgIpc) is 2.66. The van der Waals surface area contributed by atoms with Crippen LogP contribution in [0.3, 0.4) is 0 Å². The van der Waals surface area contributed by atoms with E-state index in [1.807, 2.05) is 13.8 Å². The largest absolute Gasteiger partial charge is 0.466 e. The fourth-order valence-corrected chi connectivity index (χ4v) is 2.92. The molecule has 1 heterocycles. The van der Waals surface area contributed by atoms with Gasteiger partial charge in [-0.05, 0) is 25.0 Å². The third-order valence-corrected chi connectivity index (χ3v) is 3.93. The Kier molecular flexibility index (Phi) is 4.35.